The van der Waals surface area contributed by atoms with Gasteiger partial charge in [-0.3, -0.25) is 4.79 Å². The van der Waals surface area contributed by atoms with Gasteiger partial charge in [-0.05, 0) is 25.8 Å². The van der Waals surface area contributed by atoms with Crippen LogP contribution in [0.15, 0.2) is 0 Å². The van der Waals surface area contributed by atoms with E-state index in [0.717, 1.165) is 38.9 Å². The molecule has 2 aliphatic heterocycles. The van der Waals surface area contributed by atoms with Crippen LogP contribution in [0.25, 0.3) is 0 Å². The van der Waals surface area contributed by atoms with E-state index in [9.17, 15) is 9.90 Å². The Kier molecular flexibility index (Phi) is 5.19. The molecule has 1 amide bonds. The number of aliphatic hydroxyl groups is 1. The highest BCUT2D eigenvalue weighted by atomic mass is 16.5. The molecule has 5 nitrogen and oxygen atoms in total. The van der Waals surface area contributed by atoms with Crippen molar-refractivity contribution < 1.29 is 14.6 Å². The molecular weight excluding hydrogens is 244 g/mol. The molecule has 5 heteroatoms. The van der Waals surface area contributed by atoms with E-state index in [0.29, 0.717) is 19.6 Å². The minimum absolute atomic E-state index is 0.0602. The lowest BCUT2D eigenvalue weighted by Gasteiger charge is -2.45. The first-order valence-corrected chi connectivity index (χ1v) is 7.38. The normalized spacial score (nSPS) is 26.7. The van der Waals surface area contributed by atoms with Gasteiger partial charge in [-0.25, -0.2) is 0 Å². The highest BCUT2D eigenvalue weighted by Gasteiger charge is 2.40. The number of rotatable bonds is 6. The average Bonchev–Trinajstić information content (AvgIpc) is 2.34. The zero-order valence-corrected chi connectivity index (χ0v) is 11.9. The number of nitrogens with one attached hydrogen (secondary N) is 1. The van der Waals surface area contributed by atoms with Crippen molar-refractivity contribution in [1.29, 1.82) is 0 Å². The van der Waals surface area contributed by atoms with Crippen LogP contribution in [0, 0.1) is 5.41 Å². The lowest BCUT2D eigenvalue weighted by molar-refractivity contribution is -0.150. The average molecular weight is 270 g/mol. The van der Waals surface area contributed by atoms with Crippen molar-refractivity contribution in [2.45, 2.75) is 38.6 Å². The van der Waals surface area contributed by atoms with Crippen LogP contribution in [0.2, 0.25) is 0 Å². The summed E-state index contributed by atoms with van der Waals surface area (Å²) in [5, 5.41) is 12.6. The molecule has 0 aromatic heterocycles. The van der Waals surface area contributed by atoms with Crippen molar-refractivity contribution in [3.8, 4) is 0 Å². The van der Waals surface area contributed by atoms with Gasteiger partial charge in [0, 0.05) is 25.6 Å². The van der Waals surface area contributed by atoms with Gasteiger partial charge in [-0.1, -0.05) is 6.92 Å². The Hall–Kier alpha value is -0.650. The van der Waals surface area contributed by atoms with Crippen LogP contribution in [0.5, 0.6) is 0 Å². The number of hydrogen-bond donors (Lipinski definition) is 2. The molecule has 0 bridgehead atoms. The Labute approximate surface area is 115 Å². The SMILES string of the molecule is CCCC(=O)NC1CCCN(CC2(CO)COC2)C1. The van der Waals surface area contributed by atoms with E-state index in [1.807, 2.05) is 6.92 Å². The molecule has 2 fully saturated rings. The number of carbonyl (C=O) groups excluding carboxylic acids is 1. The van der Waals surface area contributed by atoms with E-state index in [2.05, 4.69) is 10.2 Å². The standard InChI is InChI=1S/C14H26N2O3/c1-2-4-13(18)15-12-5-3-6-16(7-12)8-14(9-17)10-19-11-14/h12,17H,2-11H2,1H3,(H,15,18). The van der Waals surface area contributed by atoms with Gasteiger partial charge in [0.05, 0.1) is 25.2 Å². The van der Waals surface area contributed by atoms with Crippen molar-refractivity contribution in [2.75, 3.05) is 39.5 Å². The third-order valence-corrected chi connectivity index (χ3v) is 4.06. The maximum absolute atomic E-state index is 11.6. The van der Waals surface area contributed by atoms with Crippen LogP contribution in [0.3, 0.4) is 0 Å². The summed E-state index contributed by atoms with van der Waals surface area (Å²) in [5.74, 6) is 0.165. The molecule has 0 aromatic carbocycles. The van der Waals surface area contributed by atoms with Crippen LogP contribution in [0.1, 0.15) is 32.6 Å². The van der Waals surface area contributed by atoms with Crippen molar-refractivity contribution in [3.05, 3.63) is 0 Å². The fourth-order valence-corrected chi connectivity index (χ4v) is 2.94. The molecule has 0 radical (unpaired) electrons. The zero-order valence-electron chi connectivity index (χ0n) is 11.9. The molecule has 19 heavy (non-hydrogen) atoms. The Balaban J connectivity index is 1.78. The number of amides is 1. The van der Waals surface area contributed by atoms with Gasteiger partial charge in [0.25, 0.3) is 0 Å². The minimum Gasteiger partial charge on any atom is -0.396 e. The molecule has 2 saturated heterocycles. The Bertz CT molecular complexity index is 300. The minimum atomic E-state index is -0.0602. The fraction of sp³-hybridized carbons (Fsp3) is 0.929. The van der Waals surface area contributed by atoms with Gasteiger partial charge in [0.2, 0.25) is 5.91 Å². The maximum atomic E-state index is 11.6. The molecule has 2 rings (SSSR count). The van der Waals surface area contributed by atoms with Gasteiger partial charge in [0.1, 0.15) is 0 Å². The highest BCUT2D eigenvalue weighted by Crippen LogP contribution is 2.29. The largest absolute Gasteiger partial charge is 0.396 e. The Morgan fingerprint density at radius 2 is 2.32 bits per heavy atom. The lowest BCUT2D eigenvalue weighted by atomic mass is 9.85. The molecule has 0 spiro atoms. The van der Waals surface area contributed by atoms with E-state index in [1.54, 1.807) is 0 Å². The smallest absolute Gasteiger partial charge is 0.220 e. The van der Waals surface area contributed by atoms with Gasteiger partial charge in [0.15, 0.2) is 0 Å². The fourth-order valence-electron chi connectivity index (χ4n) is 2.94. The number of aliphatic hydroxyl groups excluding tert-OH is 1. The second kappa shape index (κ2) is 6.68. The van der Waals surface area contributed by atoms with E-state index in [1.165, 1.54) is 0 Å². The number of carbonyl (C=O) groups is 1. The molecule has 0 aromatic rings. The molecule has 0 saturated carbocycles. The zero-order chi connectivity index (χ0) is 13.7. The molecule has 2 heterocycles. The van der Waals surface area contributed by atoms with Crippen LogP contribution in [-0.2, 0) is 9.53 Å². The Morgan fingerprint density at radius 1 is 1.53 bits per heavy atom. The van der Waals surface area contributed by atoms with E-state index < -0.39 is 0 Å². The maximum Gasteiger partial charge on any atom is 0.220 e. The third-order valence-electron chi connectivity index (χ3n) is 4.06. The summed E-state index contributed by atoms with van der Waals surface area (Å²) >= 11 is 0. The number of nitrogens with zero attached hydrogens (tertiary/aromatic N) is 1. The predicted octanol–water partition coefficient (Wildman–Crippen LogP) is 0.376. The number of piperidine rings is 1. The van der Waals surface area contributed by atoms with Crippen molar-refractivity contribution in [2.24, 2.45) is 5.41 Å². The summed E-state index contributed by atoms with van der Waals surface area (Å²) in [7, 11) is 0. The van der Waals surface area contributed by atoms with E-state index in [-0.39, 0.29) is 24.0 Å². The molecule has 1 atom stereocenters. The van der Waals surface area contributed by atoms with Crippen molar-refractivity contribution >= 4 is 5.91 Å². The van der Waals surface area contributed by atoms with Crippen LogP contribution < -0.4 is 5.32 Å². The second-order valence-electron chi connectivity index (χ2n) is 6.04. The molecule has 0 aliphatic carbocycles. The lowest BCUT2D eigenvalue weighted by Crippen LogP contribution is -2.57. The highest BCUT2D eigenvalue weighted by molar-refractivity contribution is 5.76. The molecular formula is C14H26N2O3. The van der Waals surface area contributed by atoms with Crippen LogP contribution in [0.4, 0.5) is 0 Å². The van der Waals surface area contributed by atoms with E-state index >= 15 is 0 Å². The topological polar surface area (TPSA) is 61.8 Å². The third kappa shape index (κ3) is 3.91. The predicted molar refractivity (Wildman–Crippen MR) is 72.9 cm³/mol. The van der Waals surface area contributed by atoms with Crippen LogP contribution in [-0.4, -0.2) is 61.4 Å². The first-order valence-electron chi connectivity index (χ1n) is 7.38. The molecule has 1 unspecified atom stereocenters. The molecule has 110 valence electrons. The summed E-state index contributed by atoms with van der Waals surface area (Å²) < 4.78 is 5.24. The van der Waals surface area contributed by atoms with Gasteiger partial charge in [-0.2, -0.15) is 0 Å². The number of likely N-dealkylation sites (tertiary alicyclic amines) is 1. The summed E-state index contributed by atoms with van der Waals surface area (Å²) in [6.45, 7) is 6.37. The number of hydrogen-bond acceptors (Lipinski definition) is 4. The van der Waals surface area contributed by atoms with Gasteiger partial charge < -0.3 is 20.1 Å². The summed E-state index contributed by atoms with van der Waals surface area (Å²) in [6.07, 6.45) is 3.69. The molecule has 2 N–H and O–H groups in total. The monoisotopic (exact) mass is 270 g/mol. The second-order valence-corrected chi connectivity index (χ2v) is 6.04. The molecule has 2 aliphatic rings. The Morgan fingerprint density at radius 3 is 2.89 bits per heavy atom. The first-order chi connectivity index (χ1) is 9.17. The van der Waals surface area contributed by atoms with Gasteiger partial charge in [-0.15, -0.1) is 0 Å². The van der Waals surface area contributed by atoms with E-state index in [4.69, 9.17) is 4.74 Å². The van der Waals surface area contributed by atoms with Crippen molar-refractivity contribution in [3.63, 3.8) is 0 Å². The summed E-state index contributed by atoms with van der Waals surface area (Å²) in [4.78, 5) is 14.0. The summed E-state index contributed by atoms with van der Waals surface area (Å²) in [6, 6.07) is 0.268. The summed E-state index contributed by atoms with van der Waals surface area (Å²) in [5.41, 5.74) is -0.0602. The number of ether oxygens (including phenoxy) is 1. The van der Waals surface area contributed by atoms with Crippen molar-refractivity contribution in [1.82, 2.24) is 10.2 Å². The first kappa shape index (κ1) is 14.8. The van der Waals surface area contributed by atoms with Crippen LogP contribution >= 0.6 is 0 Å². The quantitative estimate of drug-likeness (QED) is 0.732. The van der Waals surface area contributed by atoms with Gasteiger partial charge >= 0.3 is 0 Å².